The summed E-state index contributed by atoms with van der Waals surface area (Å²) < 4.78 is 6.25. The second kappa shape index (κ2) is 10.6. The van der Waals surface area contributed by atoms with E-state index in [-0.39, 0.29) is 12.1 Å². The standard InChI is InChI=1S/C29H33NO2/c1-2-20-29(25-14-8-4-9-15-25,26-16-10-5-11-17-26)28(31)32-27-18-21-30(22-19-27)23-24-12-6-3-7-13-24/h3-17,27H,2,18-23H2,1H3. The van der Waals surface area contributed by atoms with Gasteiger partial charge in [0.15, 0.2) is 0 Å². The number of esters is 1. The van der Waals surface area contributed by atoms with Crippen LogP contribution in [0.5, 0.6) is 0 Å². The van der Waals surface area contributed by atoms with Crippen LogP contribution in [0, 0.1) is 0 Å². The van der Waals surface area contributed by atoms with Crippen LogP contribution < -0.4 is 0 Å². The molecule has 1 heterocycles. The van der Waals surface area contributed by atoms with E-state index in [1.165, 1.54) is 5.56 Å². The fourth-order valence-corrected chi connectivity index (χ4v) is 4.89. The van der Waals surface area contributed by atoms with Crippen molar-refractivity contribution in [2.45, 2.75) is 50.7 Å². The zero-order chi connectivity index (χ0) is 22.2. The Hall–Kier alpha value is -2.91. The lowest BCUT2D eigenvalue weighted by Gasteiger charge is -2.37. The third kappa shape index (κ3) is 4.94. The summed E-state index contributed by atoms with van der Waals surface area (Å²) in [5.41, 5.74) is 2.59. The van der Waals surface area contributed by atoms with Crippen molar-refractivity contribution in [3.05, 3.63) is 108 Å². The molecule has 0 N–H and O–H groups in total. The molecule has 0 bridgehead atoms. The van der Waals surface area contributed by atoms with Crippen LogP contribution in [0.15, 0.2) is 91.0 Å². The quantitative estimate of drug-likeness (QED) is 0.414. The van der Waals surface area contributed by atoms with Gasteiger partial charge in [-0.05, 0) is 36.0 Å². The van der Waals surface area contributed by atoms with Crippen molar-refractivity contribution in [2.24, 2.45) is 0 Å². The number of piperidine rings is 1. The first-order valence-corrected chi connectivity index (χ1v) is 11.8. The van der Waals surface area contributed by atoms with Gasteiger partial charge in [0.25, 0.3) is 0 Å². The van der Waals surface area contributed by atoms with Gasteiger partial charge in [-0.25, -0.2) is 0 Å². The number of rotatable bonds is 8. The van der Waals surface area contributed by atoms with Crippen molar-refractivity contribution in [2.75, 3.05) is 13.1 Å². The van der Waals surface area contributed by atoms with Gasteiger partial charge in [-0.3, -0.25) is 9.69 Å². The van der Waals surface area contributed by atoms with Crippen LogP contribution in [0.3, 0.4) is 0 Å². The summed E-state index contributed by atoms with van der Waals surface area (Å²) in [6, 6.07) is 30.9. The Morgan fingerprint density at radius 3 is 1.84 bits per heavy atom. The molecule has 166 valence electrons. The number of carbonyl (C=O) groups excluding carboxylic acids is 1. The summed E-state index contributed by atoms with van der Waals surface area (Å²) in [4.78, 5) is 16.3. The SMILES string of the molecule is CCCC(C(=O)OC1CCN(Cc2ccccc2)CC1)(c1ccccc1)c1ccccc1. The van der Waals surface area contributed by atoms with Crippen molar-refractivity contribution in [3.63, 3.8) is 0 Å². The van der Waals surface area contributed by atoms with E-state index in [9.17, 15) is 4.79 Å². The molecule has 0 aromatic heterocycles. The highest BCUT2D eigenvalue weighted by Gasteiger charge is 2.43. The molecule has 32 heavy (non-hydrogen) atoms. The Morgan fingerprint density at radius 2 is 1.34 bits per heavy atom. The molecule has 1 fully saturated rings. The Balaban J connectivity index is 1.50. The molecule has 0 radical (unpaired) electrons. The molecule has 0 atom stereocenters. The highest BCUT2D eigenvalue weighted by molar-refractivity contribution is 5.87. The summed E-state index contributed by atoms with van der Waals surface area (Å²) in [7, 11) is 0. The van der Waals surface area contributed by atoms with Gasteiger partial charge in [-0.1, -0.05) is 104 Å². The maximum Gasteiger partial charge on any atom is 0.321 e. The number of carbonyl (C=O) groups is 1. The predicted octanol–water partition coefficient (Wildman–Crippen LogP) is 5.98. The minimum absolute atomic E-state index is 0.0295. The molecule has 3 aromatic rings. The van der Waals surface area contributed by atoms with E-state index in [0.29, 0.717) is 0 Å². The van der Waals surface area contributed by atoms with E-state index < -0.39 is 5.41 Å². The van der Waals surface area contributed by atoms with Crippen LogP contribution in [-0.2, 0) is 21.5 Å². The van der Waals surface area contributed by atoms with Crippen LogP contribution in [-0.4, -0.2) is 30.1 Å². The summed E-state index contributed by atoms with van der Waals surface area (Å²) in [6.07, 6.45) is 3.36. The number of hydrogen-bond acceptors (Lipinski definition) is 3. The topological polar surface area (TPSA) is 29.5 Å². The molecule has 3 heteroatoms. The molecular weight excluding hydrogens is 394 g/mol. The first-order valence-electron chi connectivity index (χ1n) is 11.8. The molecule has 1 saturated heterocycles. The van der Waals surface area contributed by atoms with Crippen molar-refractivity contribution < 1.29 is 9.53 Å². The predicted molar refractivity (Wildman–Crippen MR) is 129 cm³/mol. The molecule has 4 rings (SSSR count). The van der Waals surface area contributed by atoms with Gasteiger partial charge < -0.3 is 4.74 Å². The summed E-state index contributed by atoms with van der Waals surface area (Å²) in [5, 5.41) is 0. The highest BCUT2D eigenvalue weighted by Crippen LogP contribution is 2.39. The van der Waals surface area contributed by atoms with Gasteiger partial charge in [0, 0.05) is 19.6 Å². The second-order valence-electron chi connectivity index (χ2n) is 8.75. The smallest absolute Gasteiger partial charge is 0.321 e. The number of benzene rings is 3. The lowest BCUT2D eigenvalue weighted by Crippen LogP contribution is -2.43. The number of likely N-dealkylation sites (tertiary alicyclic amines) is 1. The molecule has 1 aliphatic heterocycles. The van der Waals surface area contributed by atoms with E-state index in [4.69, 9.17) is 4.74 Å². The fraction of sp³-hybridized carbons (Fsp3) is 0.345. The molecule has 0 aliphatic carbocycles. The minimum atomic E-state index is -0.765. The monoisotopic (exact) mass is 427 g/mol. The van der Waals surface area contributed by atoms with E-state index >= 15 is 0 Å². The van der Waals surface area contributed by atoms with Crippen molar-refractivity contribution in [1.82, 2.24) is 4.90 Å². The molecular formula is C29H33NO2. The fourth-order valence-electron chi connectivity index (χ4n) is 4.89. The zero-order valence-corrected chi connectivity index (χ0v) is 19.0. The molecule has 0 spiro atoms. The van der Waals surface area contributed by atoms with E-state index in [1.807, 2.05) is 36.4 Å². The van der Waals surface area contributed by atoms with Crippen molar-refractivity contribution in [3.8, 4) is 0 Å². The summed E-state index contributed by atoms with van der Waals surface area (Å²) in [6.45, 7) is 4.99. The van der Waals surface area contributed by atoms with Gasteiger partial charge in [-0.15, -0.1) is 0 Å². The zero-order valence-electron chi connectivity index (χ0n) is 19.0. The van der Waals surface area contributed by atoms with Crippen LogP contribution in [0.25, 0.3) is 0 Å². The van der Waals surface area contributed by atoms with Crippen molar-refractivity contribution >= 4 is 5.97 Å². The normalized spacial score (nSPS) is 15.4. The molecule has 3 aromatic carbocycles. The van der Waals surface area contributed by atoms with Crippen LogP contribution >= 0.6 is 0 Å². The van der Waals surface area contributed by atoms with Crippen LogP contribution in [0.2, 0.25) is 0 Å². The Labute approximate surface area is 192 Å². The van der Waals surface area contributed by atoms with Gasteiger partial charge >= 0.3 is 5.97 Å². The Morgan fingerprint density at radius 1 is 0.844 bits per heavy atom. The second-order valence-corrected chi connectivity index (χ2v) is 8.75. The third-order valence-corrected chi connectivity index (χ3v) is 6.56. The average molecular weight is 428 g/mol. The van der Waals surface area contributed by atoms with Gasteiger partial charge in [0.2, 0.25) is 0 Å². The largest absolute Gasteiger partial charge is 0.461 e. The first kappa shape index (κ1) is 22.3. The first-order chi connectivity index (χ1) is 15.7. The molecule has 0 unspecified atom stereocenters. The highest BCUT2D eigenvalue weighted by atomic mass is 16.5. The van der Waals surface area contributed by atoms with Gasteiger partial charge in [0.05, 0.1) is 0 Å². The molecule has 0 amide bonds. The molecule has 3 nitrogen and oxygen atoms in total. The Kier molecular flexibility index (Phi) is 7.39. The minimum Gasteiger partial charge on any atom is -0.461 e. The third-order valence-electron chi connectivity index (χ3n) is 6.56. The van der Waals surface area contributed by atoms with Crippen molar-refractivity contribution in [1.29, 1.82) is 0 Å². The molecule has 0 saturated carbocycles. The van der Waals surface area contributed by atoms with E-state index in [0.717, 1.165) is 56.4 Å². The summed E-state index contributed by atoms with van der Waals surface area (Å²) in [5.74, 6) is -0.113. The maximum atomic E-state index is 13.9. The lowest BCUT2D eigenvalue weighted by atomic mass is 9.71. The van der Waals surface area contributed by atoms with E-state index in [1.54, 1.807) is 0 Å². The lowest BCUT2D eigenvalue weighted by molar-refractivity contribution is -0.157. The molecule has 1 aliphatic rings. The number of ether oxygens (including phenoxy) is 1. The average Bonchev–Trinajstić information content (AvgIpc) is 2.85. The van der Waals surface area contributed by atoms with Gasteiger partial charge in [-0.2, -0.15) is 0 Å². The van der Waals surface area contributed by atoms with Crippen LogP contribution in [0.4, 0.5) is 0 Å². The number of nitrogens with zero attached hydrogens (tertiary/aromatic N) is 1. The van der Waals surface area contributed by atoms with Crippen LogP contribution in [0.1, 0.15) is 49.3 Å². The number of hydrogen-bond donors (Lipinski definition) is 0. The summed E-state index contributed by atoms with van der Waals surface area (Å²) >= 11 is 0. The van der Waals surface area contributed by atoms with Gasteiger partial charge in [0.1, 0.15) is 11.5 Å². The maximum absolute atomic E-state index is 13.9. The van der Waals surface area contributed by atoms with E-state index in [2.05, 4.69) is 66.4 Å². The Bertz CT molecular complexity index is 924.